The third kappa shape index (κ3) is 2.55. The third-order valence-electron chi connectivity index (χ3n) is 1.96. The van der Waals surface area contributed by atoms with Crippen LogP contribution >= 0.6 is 0 Å². The SMILES string of the molecule is CC(C)N(CCO)S(=O)(=O)c1ccn[nH]1. The minimum absolute atomic E-state index is 0.0460. The van der Waals surface area contributed by atoms with Gasteiger partial charge in [0, 0.05) is 12.6 Å². The lowest BCUT2D eigenvalue weighted by Crippen LogP contribution is -2.39. The van der Waals surface area contributed by atoms with E-state index < -0.39 is 10.0 Å². The summed E-state index contributed by atoms with van der Waals surface area (Å²) >= 11 is 0. The molecule has 0 radical (unpaired) electrons. The molecule has 0 fully saturated rings. The minimum atomic E-state index is -3.56. The second kappa shape index (κ2) is 4.73. The summed E-state index contributed by atoms with van der Waals surface area (Å²) in [6.45, 7) is 3.39. The van der Waals surface area contributed by atoms with Gasteiger partial charge in [-0.3, -0.25) is 5.10 Å². The fraction of sp³-hybridized carbons (Fsp3) is 0.625. The Kier molecular flexibility index (Phi) is 3.83. The Morgan fingerprint density at radius 1 is 1.60 bits per heavy atom. The highest BCUT2D eigenvalue weighted by molar-refractivity contribution is 7.89. The Labute approximate surface area is 89.0 Å². The van der Waals surface area contributed by atoms with Crippen LogP contribution in [0.1, 0.15) is 13.8 Å². The zero-order valence-corrected chi connectivity index (χ0v) is 9.53. The molecule has 0 aliphatic rings. The molecular weight excluding hydrogens is 218 g/mol. The van der Waals surface area contributed by atoms with E-state index in [9.17, 15) is 8.42 Å². The van der Waals surface area contributed by atoms with Crippen molar-refractivity contribution in [2.45, 2.75) is 24.9 Å². The Morgan fingerprint density at radius 3 is 2.67 bits per heavy atom. The van der Waals surface area contributed by atoms with Gasteiger partial charge in [0.2, 0.25) is 0 Å². The molecule has 0 amide bonds. The number of aliphatic hydroxyl groups excluding tert-OH is 1. The van der Waals surface area contributed by atoms with Gasteiger partial charge in [-0.2, -0.15) is 9.40 Å². The number of hydrogen-bond donors (Lipinski definition) is 2. The number of sulfonamides is 1. The van der Waals surface area contributed by atoms with Gasteiger partial charge in [0.05, 0.1) is 12.8 Å². The summed E-state index contributed by atoms with van der Waals surface area (Å²) in [5.41, 5.74) is 0. The van der Waals surface area contributed by atoms with Crippen LogP contribution in [0.5, 0.6) is 0 Å². The third-order valence-corrected chi connectivity index (χ3v) is 3.96. The van der Waals surface area contributed by atoms with Crippen LogP contribution in [0.4, 0.5) is 0 Å². The smallest absolute Gasteiger partial charge is 0.260 e. The van der Waals surface area contributed by atoms with Crippen molar-refractivity contribution in [1.29, 1.82) is 0 Å². The van der Waals surface area contributed by atoms with E-state index >= 15 is 0 Å². The summed E-state index contributed by atoms with van der Waals surface area (Å²) < 4.78 is 25.2. The Morgan fingerprint density at radius 2 is 2.27 bits per heavy atom. The van der Waals surface area contributed by atoms with Crippen molar-refractivity contribution in [1.82, 2.24) is 14.5 Å². The number of aromatic amines is 1. The fourth-order valence-corrected chi connectivity index (χ4v) is 2.80. The first-order valence-corrected chi connectivity index (χ1v) is 6.06. The molecule has 0 aliphatic carbocycles. The van der Waals surface area contributed by atoms with E-state index in [0.29, 0.717) is 0 Å². The standard InChI is InChI=1S/C8H15N3O3S/c1-7(2)11(5-6-12)15(13,14)8-3-4-9-10-8/h3-4,7,12H,5-6H2,1-2H3,(H,9,10). The molecule has 6 nitrogen and oxygen atoms in total. The highest BCUT2D eigenvalue weighted by atomic mass is 32.2. The van der Waals surface area contributed by atoms with Gasteiger partial charge in [-0.25, -0.2) is 8.42 Å². The summed E-state index contributed by atoms with van der Waals surface area (Å²) in [5, 5.41) is 14.9. The van der Waals surface area contributed by atoms with Crippen LogP contribution in [0.15, 0.2) is 17.3 Å². The maximum Gasteiger partial charge on any atom is 0.260 e. The number of aliphatic hydroxyl groups is 1. The molecule has 7 heteroatoms. The van der Waals surface area contributed by atoms with Gasteiger partial charge in [0.1, 0.15) is 0 Å². The second-order valence-corrected chi connectivity index (χ2v) is 5.21. The average molecular weight is 233 g/mol. The summed E-state index contributed by atoms with van der Waals surface area (Å²) in [6.07, 6.45) is 1.38. The first-order chi connectivity index (χ1) is 7.00. The largest absolute Gasteiger partial charge is 0.395 e. The number of H-pyrrole nitrogens is 1. The molecule has 0 aliphatic heterocycles. The topological polar surface area (TPSA) is 86.3 Å². The van der Waals surface area contributed by atoms with Crippen LogP contribution < -0.4 is 0 Å². The van der Waals surface area contributed by atoms with Gasteiger partial charge in [-0.05, 0) is 19.9 Å². The predicted molar refractivity (Wildman–Crippen MR) is 54.7 cm³/mol. The molecule has 1 rings (SSSR count). The van der Waals surface area contributed by atoms with Crippen LogP contribution in [-0.2, 0) is 10.0 Å². The van der Waals surface area contributed by atoms with Crippen LogP contribution in [0.2, 0.25) is 0 Å². The van der Waals surface area contributed by atoms with Crippen molar-refractivity contribution in [2.75, 3.05) is 13.2 Å². The van der Waals surface area contributed by atoms with Gasteiger partial charge >= 0.3 is 0 Å². The van der Waals surface area contributed by atoms with E-state index in [1.54, 1.807) is 13.8 Å². The minimum Gasteiger partial charge on any atom is -0.395 e. The quantitative estimate of drug-likeness (QED) is 0.737. The second-order valence-electron chi connectivity index (χ2n) is 3.35. The highest BCUT2D eigenvalue weighted by Gasteiger charge is 2.27. The first kappa shape index (κ1) is 12.2. The molecule has 0 unspecified atom stereocenters. The monoisotopic (exact) mass is 233 g/mol. The molecule has 86 valence electrons. The van der Waals surface area contributed by atoms with E-state index in [4.69, 9.17) is 5.11 Å². The van der Waals surface area contributed by atoms with Crippen LogP contribution in [0.3, 0.4) is 0 Å². The predicted octanol–water partition coefficient (Wildman–Crippen LogP) is -0.199. The first-order valence-electron chi connectivity index (χ1n) is 4.62. The molecule has 0 spiro atoms. The number of hydrogen-bond acceptors (Lipinski definition) is 4. The summed E-state index contributed by atoms with van der Waals surface area (Å²) in [5.74, 6) is 0. The summed E-state index contributed by atoms with van der Waals surface area (Å²) in [6, 6.07) is 1.19. The summed E-state index contributed by atoms with van der Waals surface area (Å²) in [4.78, 5) is 0. The number of aromatic nitrogens is 2. The van der Waals surface area contributed by atoms with Gasteiger partial charge in [0.25, 0.3) is 10.0 Å². The molecule has 15 heavy (non-hydrogen) atoms. The number of nitrogens with zero attached hydrogens (tertiary/aromatic N) is 2. The maximum absolute atomic E-state index is 12.0. The molecule has 0 atom stereocenters. The van der Waals surface area contributed by atoms with Gasteiger partial charge in [-0.1, -0.05) is 0 Å². The molecule has 0 bridgehead atoms. The van der Waals surface area contributed by atoms with Crippen molar-refractivity contribution in [3.05, 3.63) is 12.3 Å². The Balaban J connectivity index is 3.02. The van der Waals surface area contributed by atoms with E-state index in [0.717, 1.165) is 0 Å². The van der Waals surface area contributed by atoms with Crippen LogP contribution in [0, 0.1) is 0 Å². The lowest BCUT2D eigenvalue weighted by Gasteiger charge is -2.23. The highest BCUT2D eigenvalue weighted by Crippen LogP contribution is 2.14. The zero-order valence-electron chi connectivity index (χ0n) is 8.71. The van der Waals surface area contributed by atoms with Crippen LogP contribution in [-0.4, -0.2) is 47.2 Å². The van der Waals surface area contributed by atoms with E-state index in [-0.39, 0.29) is 24.2 Å². The molecule has 0 saturated carbocycles. The summed E-state index contributed by atoms with van der Waals surface area (Å²) in [7, 11) is -3.56. The van der Waals surface area contributed by atoms with E-state index in [1.807, 2.05) is 0 Å². The van der Waals surface area contributed by atoms with Gasteiger partial charge in [-0.15, -0.1) is 0 Å². The zero-order chi connectivity index (χ0) is 11.5. The average Bonchev–Trinajstić information content (AvgIpc) is 2.66. The molecule has 1 aromatic rings. The molecule has 1 aromatic heterocycles. The Bertz CT molecular complexity index is 385. The normalized spacial score (nSPS) is 12.6. The molecule has 0 aromatic carbocycles. The fourth-order valence-electron chi connectivity index (χ4n) is 1.27. The van der Waals surface area contributed by atoms with Crippen LogP contribution in [0.25, 0.3) is 0 Å². The van der Waals surface area contributed by atoms with Gasteiger partial charge < -0.3 is 5.11 Å². The van der Waals surface area contributed by atoms with E-state index in [1.165, 1.54) is 16.6 Å². The van der Waals surface area contributed by atoms with Gasteiger partial charge in [0.15, 0.2) is 5.03 Å². The number of nitrogens with one attached hydrogen (secondary N) is 1. The van der Waals surface area contributed by atoms with Crippen molar-refractivity contribution < 1.29 is 13.5 Å². The number of rotatable bonds is 5. The van der Waals surface area contributed by atoms with Crippen molar-refractivity contribution in [3.63, 3.8) is 0 Å². The molecule has 0 saturated heterocycles. The molecule has 1 heterocycles. The van der Waals surface area contributed by atoms with Crippen molar-refractivity contribution in [3.8, 4) is 0 Å². The molecule has 2 N–H and O–H groups in total. The van der Waals surface area contributed by atoms with Crippen molar-refractivity contribution in [2.24, 2.45) is 0 Å². The lowest BCUT2D eigenvalue weighted by atomic mass is 10.4. The molecular formula is C8H15N3O3S. The van der Waals surface area contributed by atoms with E-state index in [2.05, 4.69) is 10.2 Å². The van der Waals surface area contributed by atoms with Crippen molar-refractivity contribution >= 4 is 10.0 Å². The maximum atomic E-state index is 12.0. The Hall–Kier alpha value is -0.920. The lowest BCUT2D eigenvalue weighted by molar-refractivity contribution is 0.236.